The van der Waals surface area contributed by atoms with Crippen LogP contribution in [0.15, 0.2) is 30.6 Å². The summed E-state index contributed by atoms with van der Waals surface area (Å²) in [5.41, 5.74) is 1.06. The molecule has 3 rings (SSSR count). The van der Waals surface area contributed by atoms with Crippen molar-refractivity contribution in [3.63, 3.8) is 0 Å². The molecule has 0 aliphatic carbocycles. The Hall–Kier alpha value is -2.25. The SMILES string of the molecule is COCC1(CNc2ccc([N+](=O)[O-])c3cnccc23)CCNCC1. The number of nitrogens with one attached hydrogen (secondary N) is 2. The first-order chi connectivity index (χ1) is 11.7. The number of anilines is 1. The lowest BCUT2D eigenvalue weighted by Gasteiger charge is -2.37. The van der Waals surface area contributed by atoms with E-state index in [1.54, 1.807) is 25.6 Å². The second-order valence-corrected chi connectivity index (χ2v) is 6.35. The first-order valence-corrected chi connectivity index (χ1v) is 8.10. The maximum atomic E-state index is 11.2. The number of hydrogen-bond acceptors (Lipinski definition) is 6. The van der Waals surface area contributed by atoms with Gasteiger partial charge in [0, 0.05) is 48.6 Å². The number of rotatable bonds is 6. The largest absolute Gasteiger partial charge is 0.384 e. The normalized spacial score (nSPS) is 16.9. The first-order valence-electron chi connectivity index (χ1n) is 8.10. The van der Waals surface area contributed by atoms with Crippen LogP contribution in [-0.4, -0.2) is 43.3 Å². The molecular weight excluding hydrogens is 308 g/mol. The van der Waals surface area contributed by atoms with Gasteiger partial charge in [-0.05, 0) is 38.1 Å². The average molecular weight is 330 g/mol. The van der Waals surface area contributed by atoms with Gasteiger partial charge in [-0.25, -0.2) is 0 Å². The third-order valence-corrected chi connectivity index (χ3v) is 4.76. The summed E-state index contributed by atoms with van der Waals surface area (Å²) in [5, 5.41) is 19.4. The van der Waals surface area contributed by atoms with E-state index >= 15 is 0 Å². The van der Waals surface area contributed by atoms with Gasteiger partial charge in [-0.3, -0.25) is 15.1 Å². The van der Waals surface area contributed by atoms with Gasteiger partial charge in [-0.2, -0.15) is 0 Å². The lowest BCUT2D eigenvalue weighted by Crippen LogP contribution is -2.44. The molecule has 2 N–H and O–H groups in total. The number of nitro benzene ring substituents is 1. The minimum atomic E-state index is -0.368. The topological polar surface area (TPSA) is 89.3 Å². The highest BCUT2D eigenvalue weighted by Crippen LogP contribution is 2.33. The predicted octanol–water partition coefficient (Wildman–Crippen LogP) is 2.57. The molecule has 0 amide bonds. The minimum Gasteiger partial charge on any atom is -0.384 e. The summed E-state index contributed by atoms with van der Waals surface area (Å²) in [5.74, 6) is 0. The standard InChI is InChI=1S/C17H22N4O3/c1-24-12-17(5-8-18-9-6-17)11-20-15-2-3-16(21(22)23)14-10-19-7-4-13(14)15/h2-4,7,10,18,20H,5-6,8-9,11-12H2,1H3. The van der Waals surface area contributed by atoms with Crippen molar-refractivity contribution in [2.75, 3.05) is 38.7 Å². The van der Waals surface area contributed by atoms with Crippen molar-refractivity contribution in [1.29, 1.82) is 0 Å². The maximum Gasteiger partial charge on any atom is 0.278 e. The number of aromatic nitrogens is 1. The number of hydrogen-bond donors (Lipinski definition) is 2. The number of non-ortho nitro benzene ring substituents is 1. The van der Waals surface area contributed by atoms with Crippen molar-refractivity contribution in [3.8, 4) is 0 Å². The number of methoxy groups -OCH3 is 1. The van der Waals surface area contributed by atoms with E-state index in [4.69, 9.17) is 4.74 Å². The molecule has 1 aromatic heterocycles. The van der Waals surface area contributed by atoms with E-state index in [2.05, 4.69) is 15.6 Å². The summed E-state index contributed by atoms with van der Waals surface area (Å²) in [6.45, 7) is 3.44. The lowest BCUT2D eigenvalue weighted by atomic mass is 9.79. The van der Waals surface area contributed by atoms with Crippen molar-refractivity contribution < 1.29 is 9.66 Å². The van der Waals surface area contributed by atoms with Gasteiger partial charge >= 0.3 is 0 Å². The van der Waals surface area contributed by atoms with Crippen molar-refractivity contribution in [3.05, 3.63) is 40.7 Å². The van der Waals surface area contributed by atoms with Crippen LogP contribution in [0.5, 0.6) is 0 Å². The van der Waals surface area contributed by atoms with Crippen LogP contribution in [0, 0.1) is 15.5 Å². The summed E-state index contributed by atoms with van der Waals surface area (Å²) in [4.78, 5) is 14.9. The Morgan fingerprint density at radius 1 is 1.33 bits per heavy atom. The number of nitro groups is 1. The fourth-order valence-electron chi connectivity index (χ4n) is 3.41. The summed E-state index contributed by atoms with van der Waals surface area (Å²) in [7, 11) is 1.73. The fourth-order valence-corrected chi connectivity index (χ4v) is 3.41. The monoisotopic (exact) mass is 330 g/mol. The van der Waals surface area contributed by atoms with Crippen LogP contribution in [0.2, 0.25) is 0 Å². The number of benzene rings is 1. The predicted molar refractivity (Wildman–Crippen MR) is 93.3 cm³/mol. The van der Waals surface area contributed by atoms with Gasteiger partial charge in [-0.1, -0.05) is 0 Å². The Bertz CT molecular complexity index is 723. The minimum absolute atomic E-state index is 0.0807. The fraction of sp³-hybridized carbons (Fsp3) is 0.471. The van der Waals surface area contributed by atoms with Crippen LogP contribution in [0.1, 0.15) is 12.8 Å². The van der Waals surface area contributed by atoms with Crippen LogP contribution < -0.4 is 10.6 Å². The van der Waals surface area contributed by atoms with Gasteiger partial charge in [0.2, 0.25) is 0 Å². The molecule has 1 saturated heterocycles. The van der Waals surface area contributed by atoms with Gasteiger partial charge in [0.1, 0.15) is 0 Å². The summed E-state index contributed by atoms with van der Waals surface area (Å²) >= 11 is 0. The molecule has 7 heteroatoms. The van der Waals surface area contributed by atoms with Crippen molar-refractivity contribution in [2.24, 2.45) is 5.41 Å². The lowest BCUT2D eigenvalue weighted by molar-refractivity contribution is -0.383. The van der Waals surface area contributed by atoms with Gasteiger partial charge in [0.15, 0.2) is 0 Å². The zero-order valence-corrected chi connectivity index (χ0v) is 13.7. The Morgan fingerprint density at radius 2 is 2.12 bits per heavy atom. The molecule has 1 aliphatic heterocycles. The highest BCUT2D eigenvalue weighted by molar-refractivity contribution is 5.99. The van der Waals surface area contributed by atoms with Crippen LogP contribution in [-0.2, 0) is 4.74 Å². The first kappa shape index (κ1) is 16.6. The average Bonchev–Trinajstić information content (AvgIpc) is 2.60. The van der Waals surface area contributed by atoms with Crippen molar-refractivity contribution >= 4 is 22.1 Å². The van der Waals surface area contributed by atoms with Gasteiger partial charge < -0.3 is 15.4 Å². The van der Waals surface area contributed by atoms with E-state index in [1.807, 2.05) is 6.07 Å². The third kappa shape index (κ3) is 3.32. The maximum absolute atomic E-state index is 11.2. The molecular formula is C17H22N4O3. The molecule has 1 aliphatic rings. The van der Waals surface area contributed by atoms with E-state index in [-0.39, 0.29) is 16.0 Å². The molecule has 0 unspecified atom stereocenters. The summed E-state index contributed by atoms with van der Waals surface area (Å²) in [6, 6.07) is 5.13. The quantitative estimate of drug-likeness (QED) is 0.625. The van der Waals surface area contributed by atoms with E-state index < -0.39 is 0 Å². The zero-order chi connectivity index (χ0) is 17.0. The molecule has 128 valence electrons. The molecule has 0 spiro atoms. The van der Waals surface area contributed by atoms with Crippen LogP contribution >= 0.6 is 0 Å². The molecule has 0 radical (unpaired) electrons. The summed E-state index contributed by atoms with van der Waals surface area (Å²) < 4.78 is 5.44. The van der Waals surface area contributed by atoms with E-state index in [0.717, 1.165) is 43.5 Å². The molecule has 0 atom stereocenters. The second kappa shape index (κ2) is 7.11. The van der Waals surface area contributed by atoms with E-state index in [1.165, 1.54) is 6.07 Å². The van der Waals surface area contributed by atoms with Gasteiger partial charge in [-0.15, -0.1) is 0 Å². The molecule has 2 heterocycles. The molecule has 1 fully saturated rings. The Labute approximate surface area is 140 Å². The van der Waals surface area contributed by atoms with Crippen molar-refractivity contribution in [2.45, 2.75) is 12.8 Å². The van der Waals surface area contributed by atoms with Crippen LogP contribution in [0.4, 0.5) is 11.4 Å². The highest BCUT2D eigenvalue weighted by atomic mass is 16.6. The number of ether oxygens (including phenoxy) is 1. The number of pyridine rings is 1. The highest BCUT2D eigenvalue weighted by Gasteiger charge is 2.32. The smallest absolute Gasteiger partial charge is 0.278 e. The molecule has 7 nitrogen and oxygen atoms in total. The van der Waals surface area contributed by atoms with Gasteiger partial charge in [0.05, 0.1) is 16.9 Å². The molecule has 1 aromatic carbocycles. The van der Waals surface area contributed by atoms with Crippen LogP contribution in [0.3, 0.4) is 0 Å². The van der Waals surface area contributed by atoms with E-state index in [9.17, 15) is 10.1 Å². The Balaban J connectivity index is 1.87. The zero-order valence-electron chi connectivity index (χ0n) is 13.7. The molecule has 24 heavy (non-hydrogen) atoms. The molecule has 2 aromatic rings. The Morgan fingerprint density at radius 3 is 2.83 bits per heavy atom. The third-order valence-electron chi connectivity index (χ3n) is 4.76. The van der Waals surface area contributed by atoms with E-state index in [0.29, 0.717) is 12.0 Å². The number of piperidine rings is 1. The second-order valence-electron chi connectivity index (χ2n) is 6.35. The van der Waals surface area contributed by atoms with Crippen LogP contribution in [0.25, 0.3) is 10.8 Å². The van der Waals surface area contributed by atoms with Crippen molar-refractivity contribution in [1.82, 2.24) is 10.3 Å². The molecule has 0 bridgehead atoms. The number of fused-ring (bicyclic) bond motifs is 1. The Kier molecular flexibility index (Phi) is 4.92. The summed E-state index contributed by atoms with van der Waals surface area (Å²) in [6.07, 6.45) is 5.29. The van der Waals surface area contributed by atoms with Gasteiger partial charge in [0.25, 0.3) is 5.69 Å². The number of nitrogens with zero attached hydrogens (tertiary/aromatic N) is 2. The molecule has 0 saturated carbocycles.